The predicted octanol–water partition coefficient (Wildman–Crippen LogP) is 1.69. The second-order valence-electron chi connectivity index (χ2n) is 3.14. The van der Waals surface area contributed by atoms with Crippen LogP contribution >= 0.6 is 7.34 Å². The minimum Gasteiger partial charge on any atom is -0.353 e. The first-order valence-corrected chi connectivity index (χ1v) is 5.66. The highest BCUT2D eigenvalue weighted by Crippen LogP contribution is 2.34. The summed E-state index contributed by atoms with van der Waals surface area (Å²) >= 11 is 0. The maximum absolute atomic E-state index is 8.89. The molecule has 0 bridgehead atoms. The molecule has 0 aliphatic carbocycles. The summed E-state index contributed by atoms with van der Waals surface area (Å²) in [4.78, 5) is 17.8. The quantitative estimate of drug-likeness (QED) is 0.621. The molecule has 0 aliphatic rings. The zero-order valence-electron chi connectivity index (χ0n) is 6.75. The first-order valence-electron chi connectivity index (χ1n) is 3.60. The third kappa shape index (κ3) is 8.22. The van der Waals surface area contributed by atoms with E-state index in [2.05, 4.69) is 20.1 Å². The van der Waals surface area contributed by atoms with Crippen LogP contribution in [0.4, 0.5) is 0 Å². The monoisotopic (exact) mass is 164 g/mol. The van der Waals surface area contributed by atoms with E-state index in [4.69, 9.17) is 9.79 Å². The Morgan fingerprint density at radius 2 is 1.90 bits per heavy atom. The molecule has 0 saturated carbocycles. The van der Waals surface area contributed by atoms with Crippen molar-refractivity contribution < 1.29 is 9.79 Å². The fourth-order valence-electron chi connectivity index (χ4n) is 0.753. The molecule has 0 rings (SSSR count). The first-order chi connectivity index (χ1) is 4.42. The Bertz CT molecular complexity index is 126. The van der Waals surface area contributed by atoms with E-state index in [-0.39, 0.29) is 0 Å². The molecule has 62 valence electrons. The van der Waals surface area contributed by atoms with Gasteiger partial charge in [-0.15, -0.1) is 0 Å². The summed E-state index contributed by atoms with van der Waals surface area (Å²) in [5.41, 5.74) is 0. The standard InChI is InChI=1S/C7H17O2P/c1-7(2)5-4-6-10(3,8)9/h7-9H,3-6H2,1-2H3. The smallest absolute Gasteiger partial charge is 0.111 e. The van der Waals surface area contributed by atoms with E-state index in [0.717, 1.165) is 12.8 Å². The van der Waals surface area contributed by atoms with Gasteiger partial charge in [-0.1, -0.05) is 26.6 Å². The Kier molecular flexibility index (Phi) is 4.26. The number of hydrogen-bond acceptors (Lipinski definition) is 2. The number of hydrogen-bond donors (Lipinski definition) is 2. The summed E-state index contributed by atoms with van der Waals surface area (Å²) in [7, 11) is -2.72. The van der Waals surface area contributed by atoms with Gasteiger partial charge < -0.3 is 9.79 Å². The molecule has 0 aromatic carbocycles. The zero-order valence-corrected chi connectivity index (χ0v) is 7.64. The lowest BCUT2D eigenvalue weighted by atomic mass is 10.1. The van der Waals surface area contributed by atoms with Gasteiger partial charge in [-0.3, -0.25) is 0 Å². The molecule has 0 amide bonds. The second kappa shape index (κ2) is 4.17. The van der Waals surface area contributed by atoms with Crippen molar-refractivity contribution in [2.24, 2.45) is 5.92 Å². The molecule has 3 heteroatoms. The summed E-state index contributed by atoms with van der Waals surface area (Å²) in [6, 6.07) is 0. The molecule has 0 saturated heterocycles. The molecule has 0 fully saturated rings. The second-order valence-corrected chi connectivity index (χ2v) is 5.34. The lowest BCUT2D eigenvalue weighted by Gasteiger charge is -2.09. The Hall–Kier alpha value is 0.220. The van der Waals surface area contributed by atoms with E-state index in [1.165, 1.54) is 0 Å². The Labute approximate surface area is 63.0 Å². The van der Waals surface area contributed by atoms with Crippen LogP contribution in [0.15, 0.2) is 0 Å². The Morgan fingerprint density at radius 1 is 1.40 bits per heavy atom. The van der Waals surface area contributed by atoms with Crippen LogP contribution in [-0.4, -0.2) is 22.2 Å². The molecule has 2 N–H and O–H groups in total. The molecule has 0 heterocycles. The van der Waals surface area contributed by atoms with Crippen molar-refractivity contribution >= 4 is 13.6 Å². The van der Waals surface area contributed by atoms with Gasteiger partial charge in [-0.25, -0.2) is 0 Å². The van der Waals surface area contributed by atoms with E-state index in [0.29, 0.717) is 12.1 Å². The average Bonchev–Trinajstić information content (AvgIpc) is 1.59. The molecule has 0 aromatic heterocycles. The first kappa shape index (κ1) is 10.2. The molecule has 0 aliphatic heterocycles. The SMILES string of the molecule is C=P(O)(O)CCCC(C)C. The molecular weight excluding hydrogens is 147 g/mol. The molecule has 0 unspecified atom stereocenters. The molecule has 0 aromatic rings. The molecule has 10 heavy (non-hydrogen) atoms. The van der Waals surface area contributed by atoms with E-state index in [1.54, 1.807) is 0 Å². The minimum absolute atomic E-state index is 0.477. The van der Waals surface area contributed by atoms with E-state index < -0.39 is 7.34 Å². The van der Waals surface area contributed by atoms with Crippen LogP contribution in [0.1, 0.15) is 26.7 Å². The van der Waals surface area contributed by atoms with Crippen molar-refractivity contribution in [1.29, 1.82) is 0 Å². The van der Waals surface area contributed by atoms with Gasteiger partial charge in [0, 0.05) is 6.16 Å². The fourth-order valence-corrected chi connectivity index (χ4v) is 1.44. The maximum atomic E-state index is 8.89. The molecule has 0 radical (unpaired) electrons. The zero-order chi connectivity index (χ0) is 8.20. The third-order valence-corrected chi connectivity index (χ3v) is 2.33. The lowest BCUT2D eigenvalue weighted by Crippen LogP contribution is -1.92. The van der Waals surface area contributed by atoms with Gasteiger partial charge >= 0.3 is 0 Å². The van der Waals surface area contributed by atoms with Crippen LogP contribution in [0.25, 0.3) is 0 Å². The van der Waals surface area contributed by atoms with E-state index in [9.17, 15) is 0 Å². The molecular formula is C7H17O2P. The van der Waals surface area contributed by atoms with Crippen LogP contribution < -0.4 is 0 Å². The average molecular weight is 164 g/mol. The summed E-state index contributed by atoms with van der Waals surface area (Å²) in [6.45, 7) is 4.25. The van der Waals surface area contributed by atoms with Crippen LogP contribution in [0, 0.1) is 5.92 Å². The fraction of sp³-hybridized carbons (Fsp3) is 0.857. The van der Waals surface area contributed by atoms with Crippen molar-refractivity contribution in [3.05, 3.63) is 0 Å². The summed E-state index contributed by atoms with van der Waals surface area (Å²) < 4.78 is 0. The highest BCUT2D eigenvalue weighted by molar-refractivity contribution is 7.62. The summed E-state index contributed by atoms with van der Waals surface area (Å²) in [5.74, 6) is 0.645. The van der Waals surface area contributed by atoms with Crippen molar-refractivity contribution in [3.63, 3.8) is 0 Å². The number of rotatable bonds is 4. The van der Waals surface area contributed by atoms with Gasteiger partial charge in [0.25, 0.3) is 0 Å². The highest BCUT2D eigenvalue weighted by atomic mass is 31.2. The van der Waals surface area contributed by atoms with Crippen LogP contribution in [0.3, 0.4) is 0 Å². The Morgan fingerprint density at radius 3 is 2.20 bits per heavy atom. The van der Waals surface area contributed by atoms with Crippen molar-refractivity contribution in [2.45, 2.75) is 26.7 Å². The molecule has 2 nitrogen and oxygen atoms in total. The minimum atomic E-state index is -2.72. The third-order valence-electron chi connectivity index (χ3n) is 1.30. The molecule has 0 atom stereocenters. The van der Waals surface area contributed by atoms with E-state index >= 15 is 0 Å². The van der Waals surface area contributed by atoms with Crippen LogP contribution in [0.2, 0.25) is 0 Å². The van der Waals surface area contributed by atoms with Gasteiger partial charge in [-0.05, 0) is 12.3 Å². The summed E-state index contributed by atoms with van der Waals surface area (Å²) in [6.07, 6.45) is 5.70. The molecule has 0 spiro atoms. The highest BCUT2D eigenvalue weighted by Gasteiger charge is 2.03. The largest absolute Gasteiger partial charge is 0.353 e. The van der Waals surface area contributed by atoms with Gasteiger partial charge in [0.05, 0.1) is 0 Å². The van der Waals surface area contributed by atoms with Gasteiger partial charge in [0.15, 0.2) is 0 Å². The summed E-state index contributed by atoms with van der Waals surface area (Å²) in [5, 5.41) is 0. The topological polar surface area (TPSA) is 40.5 Å². The van der Waals surface area contributed by atoms with Gasteiger partial charge in [0.1, 0.15) is 7.34 Å². The Balaban J connectivity index is 3.30. The normalized spacial score (nSPS) is 12.5. The van der Waals surface area contributed by atoms with E-state index in [1.807, 2.05) is 0 Å². The van der Waals surface area contributed by atoms with Crippen molar-refractivity contribution in [3.8, 4) is 0 Å². The van der Waals surface area contributed by atoms with Crippen LogP contribution in [-0.2, 0) is 0 Å². The maximum Gasteiger partial charge on any atom is 0.111 e. The van der Waals surface area contributed by atoms with Crippen molar-refractivity contribution in [1.82, 2.24) is 0 Å². The van der Waals surface area contributed by atoms with Crippen LogP contribution in [0.5, 0.6) is 0 Å². The van der Waals surface area contributed by atoms with Crippen molar-refractivity contribution in [2.75, 3.05) is 6.16 Å². The van der Waals surface area contributed by atoms with Gasteiger partial charge in [-0.2, -0.15) is 0 Å². The van der Waals surface area contributed by atoms with Gasteiger partial charge in [0.2, 0.25) is 0 Å². The lowest BCUT2D eigenvalue weighted by molar-refractivity contribution is 0.468. The predicted molar refractivity (Wildman–Crippen MR) is 47.4 cm³/mol.